The number of carbonyl (C=O) groups is 2. The Morgan fingerprint density at radius 1 is 1.16 bits per heavy atom. The van der Waals surface area contributed by atoms with Crippen LogP contribution in [0.4, 0.5) is 0 Å². The highest BCUT2D eigenvalue weighted by Crippen LogP contribution is 2.40. The normalized spacial score (nSPS) is 17.2. The van der Waals surface area contributed by atoms with Crippen molar-refractivity contribution >= 4 is 22.7 Å². The van der Waals surface area contributed by atoms with E-state index in [0.29, 0.717) is 30.5 Å². The van der Waals surface area contributed by atoms with Crippen LogP contribution in [0.15, 0.2) is 41.1 Å². The first-order valence-electron chi connectivity index (χ1n) is 11.2. The van der Waals surface area contributed by atoms with Gasteiger partial charge in [-0.05, 0) is 49.7 Å². The van der Waals surface area contributed by atoms with Crippen LogP contribution < -0.4 is 5.32 Å². The van der Waals surface area contributed by atoms with Crippen LogP contribution in [0.1, 0.15) is 59.8 Å². The van der Waals surface area contributed by atoms with Crippen LogP contribution in [0.5, 0.6) is 0 Å². The van der Waals surface area contributed by atoms with Gasteiger partial charge in [-0.3, -0.25) is 9.59 Å². The van der Waals surface area contributed by atoms with Crippen molar-refractivity contribution in [3.05, 3.63) is 53.5 Å². The summed E-state index contributed by atoms with van der Waals surface area (Å²) in [5, 5.41) is 8.07. The smallest absolute Gasteiger partial charge is 0.273 e. The number of nitrogens with one attached hydrogen (secondary N) is 2. The van der Waals surface area contributed by atoms with Crippen LogP contribution in [-0.2, 0) is 11.2 Å². The molecule has 1 saturated heterocycles. The summed E-state index contributed by atoms with van der Waals surface area (Å²) in [6.07, 6.45) is 7.34. The molecule has 162 valence electrons. The number of fused-ring (bicyclic) bond motifs is 1. The number of carbonyl (C=O) groups excluding carboxylic acids is 2. The fourth-order valence-corrected chi connectivity index (χ4v) is 4.41. The van der Waals surface area contributed by atoms with E-state index < -0.39 is 0 Å². The second-order valence-electron chi connectivity index (χ2n) is 8.78. The maximum atomic E-state index is 12.7. The Morgan fingerprint density at radius 2 is 1.97 bits per heavy atom. The minimum absolute atomic E-state index is 0.173. The molecule has 2 aliphatic rings. The summed E-state index contributed by atoms with van der Waals surface area (Å²) in [7, 11) is 0. The molecule has 0 bridgehead atoms. The van der Waals surface area contributed by atoms with Crippen molar-refractivity contribution in [2.75, 3.05) is 19.6 Å². The largest absolute Gasteiger partial charge is 0.361 e. The molecule has 7 heteroatoms. The molecule has 2 aromatic heterocycles. The first-order valence-corrected chi connectivity index (χ1v) is 11.2. The van der Waals surface area contributed by atoms with Gasteiger partial charge in [0.25, 0.3) is 5.91 Å². The van der Waals surface area contributed by atoms with Gasteiger partial charge in [-0.25, -0.2) is 0 Å². The number of H-pyrrole nitrogens is 1. The summed E-state index contributed by atoms with van der Waals surface area (Å²) in [6, 6.07) is 9.95. The second kappa shape index (κ2) is 8.57. The predicted molar refractivity (Wildman–Crippen MR) is 117 cm³/mol. The van der Waals surface area contributed by atoms with Crippen molar-refractivity contribution in [2.45, 2.75) is 44.4 Å². The van der Waals surface area contributed by atoms with Gasteiger partial charge in [0.1, 0.15) is 5.76 Å². The zero-order valence-electron chi connectivity index (χ0n) is 17.6. The third kappa shape index (κ3) is 4.50. The lowest BCUT2D eigenvalue weighted by Crippen LogP contribution is -2.41. The second-order valence-corrected chi connectivity index (χ2v) is 8.78. The Labute approximate surface area is 181 Å². The van der Waals surface area contributed by atoms with Crippen molar-refractivity contribution in [3.8, 4) is 0 Å². The summed E-state index contributed by atoms with van der Waals surface area (Å²) >= 11 is 0. The van der Waals surface area contributed by atoms with Gasteiger partial charge in [-0.1, -0.05) is 23.4 Å². The van der Waals surface area contributed by atoms with Crippen molar-refractivity contribution in [1.82, 2.24) is 20.4 Å². The molecule has 2 fully saturated rings. The lowest BCUT2D eigenvalue weighted by Gasteiger charge is -2.32. The molecule has 0 spiro atoms. The van der Waals surface area contributed by atoms with Gasteiger partial charge >= 0.3 is 0 Å². The molecule has 1 aliphatic heterocycles. The Kier molecular flexibility index (Phi) is 5.49. The van der Waals surface area contributed by atoms with Crippen molar-refractivity contribution < 1.29 is 14.1 Å². The molecular formula is C24H28N4O3. The summed E-state index contributed by atoms with van der Waals surface area (Å²) in [5.74, 6) is 1.70. The SMILES string of the molecule is O=C(NCC1CCN(C(=O)CCc2c[nH]c3ccccc23)CC1)c1cc(C2CC2)on1. The third-order valence-corrected chi connectivity index (χ3v) is 6.54. The lowest BCUT2D eigenvalue weighted by atomic mass is 9.96. The van der Waals surface area contributed by atoms with Gasteiger partial charge in [0, 0.05) is 55.1 Å². The summed E-state index contributed by atoms with van der Waals surface area (Å²) in [5.41, 5.74) is 2.67. The van der Waals surface area contributed by atoms with Crippen LogP contribution in [0.3, 0.4) is 0 Å². The van der Waals surface area contributed by atoms with Gasteiger partial charge in [-0.2, -0.15) is 0 Å². The minimum atomic E-state index is -0.173. The number of likely N-dealkylation sites (tertiary alicyclic amines) is 1. The van der Waals surface area contributed by atoms with E-state index in [1.54, 1.807) is 6.07 Å². The Morgan fingerprint density at radius 3 is 2.77 bits per heavy atom. The third-order valence-electron chi connectivity index (χ3n) is 6.54. The number of aromatic nitrogens is 2. The molecule has 3 heterocycles. The molecule has 0 unspecified atom stereocenters. The minimum Gasteiger partial charge on any atom is -0.361 e. The first-order chi connectivity index (χ1) is 15.2. The average molecular weight is 421 g/mol. The number of hydrogen-bond donors (Lipinski definition) is 2. The molecule has 7 nitrogen and oxygen atoms in total. The highest BCUT2D eigenvalue weighted by molar-refractivity contribution is 5.92. The molecule has 1 aromatic carbocycles. The van der Waals surface area contributed by atoms with Crippen LogP contribution in [0.25, 0.3) is 10.9 Å². The van der Waals surface area contributed by atoms with E-state index in [1.165, 1.54) is 10.9 Å². The fourth-order valence-electron chi connectivity index (χ4n) is 4.41. The molecule has 31 heavy (non-hydrogen) atoms. The zero-order chi connectivity index (χ0) is 21.2. The number of benzene rings is 1. The van der Waals surface area contributed by atoms with Crippen LogP contribution in [0, 0.1) is 5.92 Å². The van der Waals surface area contributed by atoms with E-state index >= 15 is 0 Å². The molecule has 5 rings (SSSR count). The molecule has 2 amide bonds. The highest BCUT2D eigenvalue weighted by Gasteiger charge is 2.29. The number of piperidine rings is 1. The molecule has 3 aromatic rings. The van der Waals surface area contributed by atoms with E-state index in [0.717, 1.165) is 56.5 Å². The maximum absolute atomic E-state index is 12.7. The number of hydrogen-bond acceptors (Lipinski definition) is 4. The standard InChI is InChI=1S/C24H28N4O3/c29-23(8-7-18-15-25-20-4-2-1-3-19(18)20)28-11-9-16(10-12-28)14-26-24(30)21-13-22(31-27-21)17-5-6-17/h1-4,13,15-17,25H,5-12,14H2,(H,26,30). The number of rotatable bonds is 7. The van der Waals surface area contributed by atoms with Gasteiger partial charge in [0.05, 0.1) is 0 Å². The van der Waals surface area contributed by atoms with Crippen LogP contribution in [0.2, 0.25) is 0 Å². The molecular weight excluding hydrogens is 392 g/mol. The molecule has 0 atom stereocenters. The van der Waals surface area contributed by atoms with E-state index in [4.69, 9.17) is 4.52 Å². The van der Waals surface area contributed by atoms with Crippen LogP contribution in [-0.4, -0.2) is 46.5 Å². The van der Waals surface area contributed by atoms with Crippen molar-refractivity contribution in [1.29, 1.82) is 0 Å². The summed E-state index contributed by atoms with van der Waals surface area (Å²) < 4.78 is 5.26. The fraction of sp³-hybridized carbons (Fsp3) is 0.458. The quantitative estimate of drug-likeness (QED) is 0.611. The number of aromatic amines is 1. The lowest BCUT2D eigenvalue weighted by molar-refractivity contribution is -0.132. The van der Waals surface area contributed by atoms with Gasteiger partial charge < -0.3 is 19.7 Å². The Balaban J connectivity index is 1.05. The number of aryl methyl sites for hydroxylation is 1. The highest BCUT2D eigenvalue weighted by atomic mass is 16.5. The van der Waals surface area contributed by atoms with E-state index in [9.17, 15) is 9.59 Å². The van der Waals surface area contributed by atoms with Gasteiger partial charge in [0.15, 0.2) is 5.69 Å². The molecule has 1 aliphatic carbocycles. The van der Waals surface area contributed by atoms with E-state index in [1.807, 2.05) is 23.2 Å². The van der Waals surface area contributed by atoms with Crippen LogP contribution >= 0.6 is 0 Å². The number of nitrogens with zero attached hydrogens (tertiary/aromatic N) is 2. The Bertz CT molecular complexity index is 1070. The predicted octanol–water partition coefficient (Wildman–Crippen LogP) is 3.63. The van der Waals surface area contributed by atoms with Gasteiger partial charge in [0.2, 0.25) is 5.91 Å². The molecule has 2 N–H and O–H groups in total. The monoisotopic (exact) mass is 420 g/mol. The van der Waals surface area contributed by atoms with Gasteiger partial charge in [-0.15, -0.1) is 0 Å². The van der Waals surface area contributed by atoms with E-state index in [2.05, 4.69) is 27.6 Å². The zero-order valence-corrected chi connectivity index (χ0v) is 17.6. The van der Waals surface area contributed by atoms with Crippen molar-refractivity contribution in [3.63, 3.8) is 0 Å². The average Bonchev–Trinajstić information content (AvgIpc) is 3.39. The summed E-state index contributed by atoms with van der Waals surface area (Å²) in [4.78, 5) is 30.2. The van der Waals surface area contributed by atoms with E-state index in [-0.39, 0.29) is 11.8 Å². The number of para-hydroxylation sites is 1. The molecule has 0 radical (unpaired) electrons. The Hall–Kier alpha value is -3.09. The maximum Gasteiger partial charge on any atom is 0.273 e. The first kappa shape index (κ1) is 19.8. The van der Waals surface area contributed by atoms with Crippen molar-refractivity contribution in [2.24, 2.45) is 5.92 Å². The molecule has 1 saturated carbocycles. The number of amides is 2. The summed E-state index contributed by atoms with van der Waals surface area (Å²) in [6.45, 7) is 2.12. The topological polar surface area (TPSA) is 91.2 Å².